The number of halogens is 2. The van der Waals surface area contributed by atoms with Crippen LogP contribution in [0.3, 0.4) is 0 Å². The molecular formula is C14H12ClFN2O2. The van der Waals surface area contributed by atoms with E-state index >= 15 is 0 Å². The molecule has 3 N–H and O–H groups in total. The molecule has 0 aliphatic rings. The minimum absolute atomic E-state index is 0.143. The van der Waals surface area contributed by atoms with E-state index in [0.717, 1.165) is 0 Å². The Bertz CT molecular complexity index is 647. The fraction of sp³-hybridized carbons (Fsp3) is 0.0714. The fourth-order valence-electron chi connectivity index (χ4n) is 1.71. The number of hydrogen-bond acceptors (Lipinski definition) is 3. The van der Waals surface area contributed by atoms with Crippen LogP contribution in [0.1, 0.15) is 11.1 Å². The highest BCUT2D eigenvalue weighted by Crippen LogP contribution is 2.27. The Kier molecular flexibility index (Phi) is 4.42. The van der Waals surface area contributed by atoms with Crippen LogP contribution in [0.5, 0.6) is 5.75 Å². The normalized spacial score (nSPS) is 11.4. The largest absolute Gasteiger partial charge is 0.488 e. The van der Waals surface area contributed by atoms with E-state index in [0.29, 0.717) is 21.9 Å². The van der Waals surface area contributed by atoms with Crippen LogP contribution in [0.15, 0.2) is 47.6 Å². The first-order valence-corrected chi connectivity index (χ1v) is 6.13. The van der Waals surface area contributed by atoms with Crippen LogP contribution in [0.2, 0.25) is 5.02 Å². The summed E-state index contributed by atoms with van der Waals surface area (Å²) in [5, 5.41) is 12.0. The molecule has 0 unspecified atom stereocenters. The summed E-state index contributed by atoms with van der Waals surface area (Å²) in [7, 11) is 0. The van der Waals surface area contributed by atoms with Gasteiger partial charge in [-0.25, -0.2) is 4.39 Å². The predicted octanol–water partition coefficient (Wildman–Crippen LogP) is 3.15. The number of amidine groups is 1. The number of hydrogen-bond donors (Lipinski definition) is 2. The molecule has 0 bridgehead atoms. The Morgan fingerprint density at radius 3 is 2.75 bits per heavy atom. The first kappa shape index (κ1) is 14.1. The highest BCUT2D eigenvalue weighted by molar-refractivity contribution is 6.34. The van der Waals surface area contributed by atoms with E-state index in [-0.39, 0.29) is 18.3 Å². The van der Waals surface area contributed by atoms with Crippen LogP contribution in [0, 0.1) is 5.82 Å². The van der Waals surface area contributed by atoms with Crippen molar-refractivity contribution in [3.63, 3.8) is 0 Å². The second-order valence-electron chi connectivity index (χ2n) is 4.02. The molecular weight excluding hydrogens is 283 g/mol. The zero-order chi connectivity index (χ0) is 14.5. The van der Waals surface area contributed by atoms with Gasteiger partial charge in [0, 0.05) is 0 Å². The van der Waals surface area contributed by atoms with Crippen molar-refractivity contribution in [2.45, 2.75) is 6.61 Å². The SMILES string of the molecule is N/C(=N/O)c1c(Cl)cccc1OCc1cccc(F)c1. The number of benzene rings is 2. The second kappa shape index (κ2) is 6.25. The van der Waals surface area contributed by atoms with Crippen molar-refractivity contribution >= 4 is 17.4 Å². The summed E-state index contributed by atoms with van der Waals surface area (Å²) in [5.74, 6) is -0.129. The molecule has 104 valence electrons. The zero-order valence-electron chi connectivity index (χ0n) is 10.4. The van der Waals surface area contributed by atoms with Crippen molar-refractivity contribution in [2.24, 2.45) is 10.9 Å². The lowest BCUT2D eigenvalue weighted by molar-refractivity contribution is 0.302. The van der Waals surface area contributed by atoms with Gasteiger partial charge in [-0.15, -0.1) is 0 Å². The lowest BCUT2D eigenvalue weighted by Crippen LogP contribution is -2.15. The van der Waals surface area contributed by atoms with Gasteiger partial charge < -0.3 is 15.7 Å². The van der Waals surface area contributed by atoms with Gasteiger partial charge in [0.15, 0.2) is 5.84 Å². The van der Waals surface area contributed by atoms with Crippen molar-refractivity contribution in [3.8, 4) is 5.75 Å². The van der Waals surface area contributed by atoms with E-state index in [4.69, 9.17) is 27.3 Å². The van der Waals surface area contributed by atoms with Crippen LogP contribution >= 0.6 is 11.6 Å². The van der Waals surface area contributed by atoms with Gasteiger partial charge in [-0.3, -0.25) is 0 Å². The maximum atomic E-state index is 13.1. The van der Waals surface area contributed by atoms with Gasteiger partial charge in [-0.1, -0.05) is 35.0 Å². The molecule has 0 atom stereocenters. The summed E-state index contributed by atoms with van der Waals surface area (Å²) in [4.78, 5) is 0. The molecule has 0 radical (unpaired) electrons. The van der Waals surface area contributed by atoms with E-state index < -0.39 is 0 Å². The minimum atomic E-state index is -0.339. The van der Waals surface area contributed by atoms with E-state index in [1.165, 1.54) is 12.1 Å². The average Bonchev–Trinajstić information content (AvgIpc) is 2.44. The Hall–Kier alpha value is -2.27. The monoisotopic (exact) mass is 294 g/mol. The average molecular weight is 295 g/mol. The molecule has 0 aliphatic heterocycles. The Morgan fingerprint density at radius 2 is 2.05 bits per heavy atom. The molecule has 0 heterocycles. The van der Waals surface area contributed by atoms with Crippen molar-refractivity contribution < 1.29 is 14.3 Å². The summed E-state index contributed by atoms with van der Waals surface area (Å²) < 4.78 is 18.6. The molecule has 0 saturated carbocycles. The minimum Gasteiger partial charge on any atom is -0.488 e. The number of ether oxygens (including phenoxy) is 1. The summed E-state index contributed by atoms with van der Waals surface area (Å²) in [5.41, 5.74) is 6.53. The van der Waals surface area contributed by atoms with Crippen molar-refractivity contribution in [2.75, 3.05) is 0 Å². The molecule has 0 aliphatic carbocycles. The van der Waals surface area contributed by atoms with Crippen LogP contribution in [0.4, 0.5) is 4.39 Å². The third-order valence-corrected chi connectivity index (χ3v) is 2.94. The molecule has 0 amide bonds. The van der Waals surface area contributed by atoms with Gasteiger partial charge in [0.1, 0.15) is 18.2 Å². The molecule has 4 nitrogen and oxygen atoms in total. The lowest BCUT2D eigenvalue weighted by Gasteiger charge is -2.12. The van der Waals surface area contributed by atoms with E-state index in [2.05, 4.69) is 5.16 Å². The first-order valence-electron chi connectivity index (χ1n) is 5.75. The molecule has 6 heteroatoms. The van der Waals surface area contributed by atoms with E-state index in [9.17, 15) is 4.39 Å². The molecule has 2 rings (SSSR count). The maximum absolute atomic E-state index is 13.1. The standard InChI is InChI=1S/C14H12ClFN2O2/c15-11-5-2-6-12(13(11)14(17)18-19)20-8-9-3-1-4-10(16)7-9/h1-7,19H,8H2,(H2,17,18). The number of oxime groups is 1. The smallest absolute Gasteiger partial charge is 0.175 e. The maximum Gasteiger partial charge on any atom is 0.175 e. The van der Waals surface area contributed by atoms with Crippen molar-refractivity contribution in [1.29, 1.82) is 0 Å². The molecule has 20 heavy (non-hydrogen) atoms. The summed E-state index contributed by atoms with van der Waals surface area (Å²) >= 11 is 6.00. The Labute approximate surface area is 120 Å². The van der Waals surface area contributed by atoms with Gasteiger partial charge >= 0.3 is 0 Å². The molecule has 0 saturated heterocycles. The quantitative estimate of drug-likeness (QED) is 0.394. The van der Waals surface area contributed by atoms with Gasteiger partial charge in [0.05, 0.1) is 10.6 Å². The number of nitrogens with zero attached hydrogens (tertiary/aromatic N) is 1. The van der Waals surface area contributed by atoms with Crippen LogP contribution in [-0.2, 0) is 6.61 Å². The van der Waals surface area contributed by atoms with Crippen LogP contribution in [-0.4, -0.2) is 11.0 Å². The number of nitrogens with two attached hydrogens (primary N) is 1. The molecule has 0 spiro atoms. The molecule has 2 aromatic carbocycles. The summed E-state index contributed by atoms with van der Waals surface area (Å²) in [6.07, 6.45) is 0. The first-order chi connectivity index (χ1) is 9.61. The number of rotatable bonds is 4. The van der Waals surface area contributed by atoms with Crippen LogP contribution in [0.25, 0.3) is 0 Å². The van der Waals surface area contributed by atoms with Crippen molar-refractivity contribution in [3.05, 3.63) is 64.4 Å². The zero-order valence-corrected chi connectivity index (χ0v) is 11.1. The Balaban J connectivity index is 2.24. The van der Waals surface area contributed by atoms with Gasteiger partial charge in [-0.05, 0) is 29.8 Å². The van der Waals surface area contributed by atoms with Crippen molar-refractivity contribution in [1.82, 2.24) is 0 Å². The van der Waals surface area contributed by atoms with Crippen LogP contribution < -0.4 is 10.5 Å². The lowest BCUT2D eigenvalue weighted by atomic mass is 10.2. The highest BCUT2D eigenvalue weighted by Gasteiger charge is 2.13. The molecule has 0 aromatic heterocycles. The van der Waals surface area contributed by atoms with E-state index in [1.807, 2.05) is 0 Å². The molecule has 0 fully saturated rings. The molecule has 2 aromatic rings. The van der Waals surface area contributed by atoms with Gasteiger partial charge in [-0.2, -0.15) is 0 Å². The second-order valence-corrected chi connectivity index (χ2v) is 4.42. The topological polar surface area (TPSA) is 67.8 Å². The highest BCUT2D eigenvalue weighted by atomic mass is 35.5. The summed E-state index contributed by atoms with van der Waals surface area (Å²) in [6, 6.07) is 11.0. The third-order valence-electron chi connectivity index (χ3n) is 2.62. The summed E-state index contributed by atoms with van der Waals surface area (Å²) in [6.45, 7) is 0.143. The fourth-order valence-corrected chi connectivity index (χ4v) is 1.97. The predicted molar refractivity (Wildman–Crippen MR) is 74.7 cm³/mol. The third kappa shape index (κ3) is 3.19. The van der Waals surface area contributed by atoms with E-state index in [1.54, 1.807) is 30.3 Å². The van der Waals surface area contributed by atoms with Gasteiger partial charge in [0.2, 0.25) is 0 Å². The van der Waals surface area contributed by atoms with Gasteiger partial charge in [0.25, 0.3) is 0 Å². The Morgan fingerprint density at radius 1 is 1.30 bits per heavy atom.